The number of hydrogen-bond donors (Lipinski definition) is 0. The zero-order valence-electron chi connectivity index (χ0n) is 6.89. The minimum atomic E-state index is -0.0795. The van der Waals surface area contributed by atoms with Crippen LogP contribution in [-0.2, 0) is 8.53 Å². The molecule has 1 unspecified atom stereocenters. The van der Waals surface area contributed by atoms with Crippen molar-refractivity contribution in [2.75, 3.05) is 0 Å². The highest BCUT2D eigenvalue weighted by atomic mass is 27.1. The lowest BCUT2D eigenvalue weighted by Crippen LogP contribution is -2.26. The van der Waals surface area contributed by atoms with E-state index in [4.69, 9.17) is 8.53 Å². The first-order valence-corrected chi connectivity index (χ1v) is 3.98. The Morgan fingerprint density at radius 1 is 1.33 bits per heavy atom. The van der Waals surface area contributed by atoms with Crippen molar-refractivity contribution < 1.29 is 8.53 Å². The molecule has 0 amide bonds. The predicted octanol–water partition coefficient (Wildman–Crippen LogP) is 0.712. The molecular formula is C6H15AlO2. The van der Waals surface area contributed by atoms with Gasteiger partial charge in [-0.15, -0.1) is 0 Å². The average molecular weight is 146 g/mol. The summed E-state index contributed by atoms with van der Waals surface area (Å²) >= 11 is 0.741. The summed E-state index contributed by atoms with van der Waals surface area (Å²) in [7, 11) is 0. The van der Waals surface area contributed by atoms with Crippen molar-refractivity contribution in [3.63, 3.8) is 0 Å². The molecule has 0 spiro atoms. The van der Waals surface area contributed by atoms with Gasteiger partial charge in [-0.1, -0.05) is 0 Å². The minimum Gasteiger partial charge on any atom is -0.484 e. The molecule has 2 nitrogen and oxygen atoms in total. The first-order valence-electron chi connectivity index (χ1n) is 3.16. The summed E-state index contributed by atoms with van der Waals surface area (Å²) in [6.07, 6.45) is -0.0448. The molecule has 0 rings (SSSR count). The molecule has 0 aromatic carbocycles. The van der Waals surface area contributed by atoms with Crippen LogP contribution in [0.15, 0.2) is 0 Å². The normalized spacial score (nSPS) is 15.6. The van der Waals surface area contributed by atoms with Gasteiger partial charge in [-0.2, -0.15) is 0 Å². The van der Waals surface area contributed by atoms with Crippen LogP contribution < -0.4 is 0 Å². The van der Waals surface area contributed by atoms with Crippen LogP contribution in [0.3, 0.4) is 0 Å². The van der Waals surface area contributed by atoms with E-state index in [0.29, 0.717) is 0 Å². The van der Waals surface area contributed by atoms with Crippen LogP contribution in [0.25, 0.3) is 0 Å². The Bertz CT molecular complexity index is 77.6. The number of rotatable bonds is 2. The van der Waals surface area contributed by atoms with Gasteiger partial charge in [0.05, 0.1) is 5.60 Å². The fraction of sp³-hybridized carbons (Fsp3) is 1.00. The molecule has 0 heterocycles. The molecule has 0 aliphatic rings. The van der Waals surface area contributed by atoms with Crippen molar-refractivity contribution in [2.45, 2.75) is 39.6 Å². The van der Waals surface area contributed by atoms with E-state index in [2.05, 4.69) is 0 Å². The van der Waals surface area contributed by atoms with E-state index in [1.807, 2.05) is 27.7 Å². The largest absolute Gasteiger partial charge is 0.484 e. The van der Waals surface area contributed by atoms with E-state index >= 15 is 0 Å². The zero-order valence-corrected chi connectivity index (χ0v) is 8.89. The summed E-state index contributed by atoms with van der Waals surface area (Å²) < 4.78 is 10.4. The average Bonchev–Trinajstić information content (AvgIpc) is 1.62. The van der Waals surface area contributed by atoms with E-state index in [9.17, 15) is 0 Å². The maximum absolute atomic E-state index is 5.40. The molecule has 0 saturated carbocycles. The molecule has 0 fully saturated rings. The topological polar surface area (TPSA) is 18.5 Å². The Morgan fingerprint density at radius 3 is 1.89 bits per heavy atom. The Kier molecular flexibility index (Phi) is 3.76. The summed E-state index contributed by atoms with van der Waals surface area (Å²) in [5.74, 6) is 0. The summed E-state index contributed by atoms with van der Waals surface area (Å²) in [6.45, 7) is 7.97. The van der Waals surface area contributed by atoms with Crippen molar-refractivity contribution in [1.29, 1.82) is 0 Å². The second-order valence-corrected chi connectivity index (χ2v) is 3.50. The molecular weight excluding hydrogens is 131 g/mol. The van der Waals surface area contributed by atoms with Crippen LogP contribution in [0.2, 0.25) is 0 Å². The van der Waals surface area contributed by atoms with E-state index in [1.54, 1.807) is 0 Å². The van der Waals surface area contributed by atoms with Gasteiger partial charge in [0.2, 0.25) is 0 Å². The van der Waals surface area contributed by atoms with Gasteiger partial charge in [-0.05, 0) is 27.7 Å². The van der Waals surface area contributed by atoms with Crippen LogP contribution in [0, 0.1) is 0 Å². The molecule has 0 aliphatic heterocycles. The highest BCUT2D eigenvalue weighted by Gasteiger charge is 2.12. The van der Waals surface area contributed by atoms with Crippen molar-refractivity contribution >= 4 is 16.6 Å². The summed E-state index contributed by atoms with van der Waals surface area (Å²) in [5, 5.41) is 0. The molecule has 3 heteroatoms. The van der Waals surface area contributed by atoms with E-state index in [-0.39, 0.29) is 11.9 Å². The predicted molar refractivity (Wildman–Crippen MR) is 39.9 cm³/mol. The smallest absolute Gasteiger partial charge is 0.413 e. The zero-order chi connectivity index (χ0) is 7.49. The Labute approximate surface area is 65.3 Å². The third-order valence-corrected chi connectivity index (χ3v) is 1.52. The minimum absolute atomic E-state index is 0.0448. The molecule has 0 saturated heterocycles. The molecule has 0 aliphatic carbocycles. The lowest BCUT2D eigenvalue weighted by molar-refractivity contribution is -0.138. The first kappa shape index (κ1) is 9.45. The lowest BCUT2D eigenvalue weighted by Gasteiger charge is -2.24. The third-order valence-electron chi connectivity index (χ3n) is 0.851. The quantitative estimate of drug-likeness (QED) is 0.422. The van der Waals surface area contributed by atoms with E-state index in [0.717, 1.165) is 16.6 Å². The van der Waals surface area contributed by atoms with Gasteiger partial charge in [-0.25, -0.2) is 0 Å². The van der Waals surface area contributed by atoms with Gasteiger partial charge in [0.15, 0.2) is 0 Å². The summed E-state index contributed by atoms with van der Waals surface area (Å²) in [5.41, 5.74) is -0.0795. The molecule has 0 aromatic rings. The van der Waals surface area contributed by atoms with Gasteiger partial charge in [-0.3, -0.25) is 0 Å². The lowest BCUT2D eigenvalue weighted by atomic mass is 10.2. The van der Waals surface area contributed by atoms with Gasteiger partial charge in [0.1, 0.15) is 6.29 Å². The second kappa shape index (κ2) is 3.58. The fourth-order valence-electron chi connectivity index (χ4n) is 0.546. The standard InChI is InChI=1S/C6H13O2.Al.2H/c1-5(7)8-6(2,3)4;;;/h5H,1-4H3;;;/q-1;+1;;. The van der Waals surface area contributed by atoms with Crippen LogP contribution >= 0.6 is 0 Å². The maximum atomic E-state index is 5.40. The molecule has 54 valence electrons. The Morgan fingerprint density at radius 2 is 1.78 bits per heavy atom. The van der Waals surface area contributed by atoms with Gasteiger partial charge in [0, 0.05) is 0 Å². The Balaban J connectivity index is 3.47. The van der Waals surface area contributed by atoms with Crippen LogP contribution in [0.5, 0.6) is 0 Å². The van der Waals surface area contributed by atoms with Crippen molar-refractivity contribution in [2.24, 2.45) is 0 Å². The van der Waals surface area contributed by atoms with E-state index < -0.39 is 0 Å². The fourth-order valence-corrected chi connectivity index (χ4v) is 0.642. The third kappa shape index (κ3) is 6.34. The molecule has 0 N–H and O–H groups in total. The van der Waals surface area contributed by atoms with Crippen LogP contribution in [0.4, 0.5) is 0 Å². The molecule has 0 bridgehead atoms. The van der Waals surface area contributed by atoms with Crippen molar-refractivity contribution in [3.05, 3.63) is 0 Å². The maximum Gasteiger partial charge on any atom is 0.413 e. The monoisotopic (exact) mass is 146 g/mol. The summed E-state index contributed by atoms with van der Waals surface area (Å²) in [4.78, 5) is 0. The molecule has 0 aromatic heterocycles. The van der Waals surface area contributed by atoms with Gasteiger partial charge < -0.3 is 8.53 Å². The van der Waals surface area contributed by atoms with Crippen molar-refractivity contribution in [1.82, 2.24) is 0 Å². The molecule has 9 heavy (non-hydrogen) atoms. The molecule has 0 radical (unpaired) electrons. The van der Waals surface area contributed by atoms with Gasteiger partial charge in [0.25, 0.3) is 0 Å². The van der Waals surface area contributed by atoms with Gasteiger partial charge >= 0.3 is 16.6 Å². The number of hydrogen-bond acceptors (Lipinski definition) is 2. The SMILES string of the molecule is CC([O][AlH2])OC(C)(C)C. The van der Waals surface area contributed by atoms with E-state index in [1.165, 1.54) is 0 Å². The first-order chi connectivity index (χ1) is 3.95. The van der Waals surface area contributed by atoms with Crippen LogP contribution in [-0.4, -0.2) is 28.5 Å². The van der Waals surface area contributed by atoms with Crippen LogP contribution in [0.1, 0.15) is 27.7 Å². The highest BCUT2D eigenvalue weighted by Crippen LogP contribution is 2.09. The van der Waals surface area contributed by atoms with Crippen molar-refractivity contribution in [3.8, 4) is 0 Å². The second-order valence-electron chi connectivity index (χ2n) is 3.03. The Hall–Kier alpha value is 0.452. The molecule has 1 atom stereocenters. The summed E-state index contributed by atoms with van der Waals surface area (Å²) in [6, 6.07) is 0. The highest BCUT2D eigenvalue weighted by molar-refractivity contribution is 5.98. The number of ether oxygens (including phenoxy) is 1.